The summed E-state index contributed by atoms with van der Waals surface area (Å²) in [5.74, 6) is 0.298. The van der Waals surface area contributed by atoms with E-state index in [1.54, 1.807) is 22.3 Å². The van der Waals surface area contributed by atoms with Gasteiger partial charge in [-0.05, 0) is 91.4 Å². The third-order valence-corrected chi connectivity index (χ3v) is 9.02. The van der Waals surface area contributed by atoms with E-state index in [0.29, 0.717) is 5.92 Å². The number of anilines is 1. The lowest BCUT2D eigenvalue weighted by Crippen LogP contribution is -2.26. The fourth-order valence-corrected chi connectivity index (χ4v) is 6.83. The summed E-state index contributed by atoms with van der Waals surface area (Å²) >= 11 is 0. The summed E-state index contributed by atoms with van der Waals surface area (Å²) in [6.45, 7) is 9.39. The Hall–Kier alpha value is -2.80. The molecule has 0 radical (unpaired) electrons. The lowest BCUT2D eigenvalue weighted by molar-refractivity contribution is 0.561. The normalized spacial score (nSPS) is 17.3. The standard InChI is InChI=1S/C39H53N/c1-5-9-23-34-35(24-10-6-2)37(26-12-8-4)39(36(34)25-11-7-3)29-27-32(28-30-39)38(31-19-15-13-16-20-31)40-33-21-17-14-18-22-33/h13-22,27-30,32,38,40H,5-12,23-26H2,1-4H3. The van der Waals surface area contributed by atoms with Gasteiger partial charge < -0.3 is 5.32 Å². The second kappa shape index (κ2) is 15.3. The number of allylic oxidation sites excluding steroid dienone is 6. The zero-order valence-corrected chi connectivity index (χ0v) is 25.7. The zero-order valence-electron chi connectivity index (χ0n) is 25.7. The maximum absolute atomic E-state index is 3.88. The molecule has 2 aliphatic rings. The molecule has 0 saturated carbocycles. The highest BCUT2D eigenvalue weighted by molar-refractivity contribution is 5.61. The topological polar surface area (TPSA) is 12.0 Å². The Labute approximate surface area is 245 Å². The van der Waals surface area contributed by atoms with Crippen LogP contribution in [0.15, 0.2) is 107 Å². The van der Waals surface area contributed by atoms with Crippen molar-refractivity contribution in [2.45, 2.75) is 111 Å². The van der Waals surface area contributed by atoms with Gasteiger partial charge in [0.2, 0.25) is 0 Å². The molecule has 0 aromatic heterocycles. The van der Waals surface area contributed by atoms with Gasteiger partial charge in [-0.2, -0.15) is 0 Å². The van der Waals surface area contributed by atoms with Crippen LogP contribution in [-0.4, -0.2) is 0 Å². The molecule has 1 heteroatoms. The highest BCUT2D eigenvalue weighted by Crippen LogP contribution is 2.57. The Balaban J connectivity index is 1.77. The van der Waals surface area contributed by atoms with Crippen molar-refractivity contribution in [3.63, 3.8) is 0 Å². The van der Waals surface area contributed by atoms with E-state index in [1.807, 2.05) is 0 Å². The predicted molar refractivity (Wildman–Crippen MR) is 176 cm³/mol. The van der Waals surface area contributed by atoms with Gasteiger partial charge in [-0.3, -0.25) is 0 Å². The monoisotopic (exact) mass is 535 g/mol. The molecule has 0 aliphatic heterocycles. The van der Waals surface area contributed by atoms with Crippen LogP contribution in [0.5, 0.6) is 0 Å². The van der Waals surface area contributed by atoms with Crippen LogP contribution in [0.4, 0.5) is 5.69 Å². The van der Waals surface area contributed by atoms with Gasteiger partial charge in [0.1, 0.15) is 0 Å². The summed E-state index contributed by atoms with van der Waals surface area (Å²) < 4.78 is 0. The second-order valence-corrected chi connectivity index (χ2v) is 11.9. The Morgan fingerprint density at radius 1 is 0.600 bits per heavy atom. The Morgan fingerprint density at radius 3 is 1.52 bits per heavy atom. The number of para-hydroxylation sites is 1. The molecule has 214 valence electrons. The molecule has 1 N–H and O–H groups in total. The van der Waals surface area contributed by atoms with E-state index in [9.17, 15) is 0 Å². The van der Waals surface area contributed by atoms with Crippen LogP contribution < -0.4 is 5.32 Å². The molecule has 0 amide bonds. The molecule has 1 unspecified atom stereocenters. The maximum atomic E-state index is 3.88. The van der Waals surface area contributed by atoms with Crippen LogP contribution in [0, 0.1) is 11.3 Å². The largest absolute Gasteiger partial charge is 0.377 e. The summed E-state index contributed by atoms with van der Waals surface area (Å²) in [5.41, 5.74) is 9.45. The highest BCUT2D eigenvalue weighted by Gasteiger charge is 2.43. The summed E-state index contributed by atoms with van der Waals surface area (Å²) in [4.78, 5) is 0. The quantitative estimate of drug-likeness (QED) is 0.211. The van der Waals surface area contributed by atoms with Gasteiger partial charge >= 0.3 is 0 Å². The van der Waals surface area contributed by atoms with Gasteiger partial charge in [0.05, 0.1) is 6.04 Å². The molecule has 0 heterocycles. The maximum Gasteiger partial charge on any atom is 0.0611 e. The fraction of sp³-hybridized carbons (Fsp3) is 0.487. The van der Waals surface area contributed by atoms with Crippen molar-refractivity contribution in [3.05, 3.63) is 113 Å². The van der Waals surface area contributed by atoms with Gasteiger partial charge in [-0.1, -0.05) is 126 Å². The lowest BCUT2D eigenvalue weighted by Gasteiger charge is -2.36. The molecular weight excluding hydrogens is 482 g/mol. The van der Waals surface area contributed by atoms with E-state index in [0.717, 1.165) is 0 Å². The van der Waals surface area contributed by atoms with Crippen LogP contribution in [-0.2, 0) is 0 Å². The number of rotatable bonds is 16. The fourth-order valence-electron chi connectivity index (χ4n) is 6.83. The Kier molecular flexibility index (Phi) is 11.5. The van der Waals surface area contributed by atoms with Crippen molar-refractivity contribution in [2.24, 2.45) is 11.3 Å². The molecule has 2 aliphatic carbocycles. The number of hydrogen-bond donors (Lipinski definition) is 1. The van der Waals surface area contributed by atoms with Gasteiger partial charge in [0, 0.05) is 17.0 Å². The minimum Gasteiger partial charge on any atom is -0.377 e. The first-order valence-electron chi connectivity index (χ1n) is 16.4. The highest BCUT2D eigenvalue weighted by atomic mass is 14.9. The molecule has 2 aromatic rings. The molecule has 4 rings (SSSR count). The molecule has 40 heavy (non-hydrogen) atoms. The molecule has 1 atom stereocenters. The van der Waals surface area contributed by atoms with E-state index in [2.05, 4.69) is 118 Å². The Bertz CT molecular complexity index is 1110. The number of hydrogen-bond acceptors (Lipinski definition) is 1. The van der Waals surface area contributed by atoms with Crippen molar-refractivity contribution in [1.82, 2.24) is 0 Å². The van der Waals surface area contributed by atoms with Gasteiger partial charge in [-0.25, -0.2) is 0 Å². The van der Waals surface area contributed by atoms with Crippen LogP contribution in [0.3, 0.4) is 0 Å². The van der Waals surface area contributed by atoms with Gasteiger partial charge in [0.25, 0.3) is 0 Å². The van der Waals surface area contributed by atoms with Crippen molar-refractivity contribution >= 4 is 5.69 Å². The molecule has 0 fully saturated rings. The lowest BCUT2D eigenvalue weighted by atomic mass is 9.68. The molecule has 1 nitrogen and oxygen atoms in total. The number of nitrogens with one attached hydrogen (secondary N) is 1. The van der Waals surface area contributed by atoms with Crippen molar-refractivity contribution in [2.75, 3.05) is 5.32 Å². The van der Waals surface area contributed by atoms with E-state index < -0.39 is 0 Å². The van der Waals surface area contributed by atoms with Crippen LogP contribution >= 0.6 is 0 Å². The van der Waals surface area contributed by atoms with E-state index in [4.69, 9.17) is 0 Å². The summed E-state index contributed by atoms with van der Waals surface area (Å²) in [6, 6.07) is 21.9. The molecule has 0 saturated heterocycles. The minimum atomic E-state index is -0.0129. The third-order valence-electron chi connectivity index (χ3n) is 9.02. The summed E-state index contributed by atoms with van der Waals surface area (Å²) in [7, 11) is 0. The zero-order chi connectivity index (χ0) is 28.2. The molecule has 2 aromatic carbocycles. The first kappa shape index (κ1) is 30.2. The number of benzene rings is 2. The minimum absolute atomic E-state index is 0.0129. The summed E-state index contributed by atoms with van der Waals surface area (Å²) in [5, 5.41) is 3.88. The Morgan fingerprint density at radius 2 is 1.05 bits per heavy atom. The first-order chi connectivity index (χ1) is 19.7. The van der Waals surface area contributed by atoms with Gasteiger partial charge in [0.15, 0.2) is 0 Å². The average Bonchev–Trinajstić information content (AvgIpc) is 3.23. The first-order valence-corrected chi connectivity index (χ1v) is 16.4. The molecule has 1 spiro atoms. The molecular formula is C39H53N. The van der Waals surface area contributed by atoms with Crippen molar-refractivity contribution < 1.29 is 0 Å². The van der Waals surface area contributed by atoms with E-state index >= 15 is 0 Å². The molecule has 0 bridgehead atoms. The van der Waals surface area contributed by atoms with Crippen molar-refractivity contribution in [3.8, 4) is 0 Å². The van der Waals surface area contributed by atoms with E-state index in [-0.39, 0.29) is 11.5 Å². The smallest absolute Gasteiger partial charge is 0.0611 e. The van der Waals surface area contributed by atoms with Crippen LogP contribution in [0.25, 0.3) is 0 Å². The van der Waals surface area contributed by atoms with Gasteiger partial charge in [-0.15, -0.1) is 0 Å². The third kappa shape index (κ3) is 6.91. The SMILES string of the molecule is CCCCC1=C(CCCC)C2(C=CC(C(Nc3ccccc3)c3ccccc3)C=C2)C(CCCC)=C1CCCC. The average molecular weight is 536 g/mol. The van der Waals surface area contributed by atoms with Crippen LogP contribution in [0.1, 0.15) is 116 Å². The summed E-state index contributed by atoms with van der Waals surface area (Å²) in [6.07, 6.45) is 25.5. The van der Waals surface area contributed by atoms with E-state index in [1.165, 1.54) is 88.3 Å². The second-order valence-electron chi connectivity index (χ2n) is 11.9. The van der Waals surface area contributed by atoms with Crippen LogP contribution in [0.2, 0.25) is 0 Å². The number of unbranched alkanes of at least 4 members (excludes halogenated alkanes) is 4. The van der Waals surface area contributed by atoms with Crippen molar-refractivity contribution in [1.29, 1.82) is 0 Å². The predicted octanol–water partition coefficient (Wildman–Crippen LogP) is 11.9.